The number of aliphatic hydroxyl groups excluding tert-OH is 8. The minimum atomic E-state index is -1.79. The lowest BCUT2D eigenvalue weighted by Gasteiger charge is -2.46. The smallest absolute Gasteiger partial charge is 0.220 e. The van der Waals surface area contributed by atoms with Gasteiger partial charge in [-0.25, -0.2) is 0 Å². The van der Waals surface area contributed by atoms with Gasteiger partial charge in [-0.15, -0.1) is 0 Å². The zero-order chi connectivity index (χ0) is 46.8. The van der Waals surface area contributed by atoms with Crippen LogP contribution in [0.4, 0.5) is 0 Å². The number of allylic oxidation sites excluding steroid dienone is 5. The van der Waals surface area contributed by atoms with Gasteiger partial charge in [0.1, 0.15) is 48.8 Å². The van der Waals surface area contributed by atoms with E-state index in [4.69, 9.17) is 18.9 Å². The van der Waals surface area contributed by atoms with Crippen LogP contribution in [0.5, 0.6) is 0 Å². The fourth-order valence-electron chi connectivity index (χ4n) is 8.14. The van der Waals surface area contributed by atoms with Crippen LogP contribution in [0, 0.1) is 0 Å². The van der Waals surface area contributed by atoms with Gasteiger partial charge in [0.25, 0.3) is 0 Å². The predicted molar refractivity (Wildman–Crippen MR) is 249 cm³/mol. The molecule has 12 atom stereocenters. The minimum Gasteiger partial charge on any atom is -0.394 e. The summed E-state index contributed by atoms with van der Waals surface area (Å²) in [6, 6.07) is -0.914. The average molecular weight is 914 g/mol. The maximum Gasteiger partial charge on any atom is 0.220 e. The summed E-state index contributed by atoms with van der Waals surface area (Å²) in [4.78, 5) is 13.2. The first-order chi connectivity index (χ1) is 31.1. The van der Waals surface area contributed by atoms with E-state index in [9.17, 15) is 45.6 Å². The quantitative estimate of drug-likeness (QED) is 0.0244. The van der Waals surface area contributed by atoms with Crippen LogP contribution in [0.15, 0.2) is 36.5 Å². The van der Waals surface area contributed by atoms with E-state index in [0.29, 0.717) is 6.42 Å². The second kappa shape index (κ2) is 37.2. The molecule has 9 N–H and O–H groups in total. The Morgan fingerprint density at radius 1 is 0.562 bits per heavy atom. The Kier molecular flexibility index (Phi) is 33.9. The van der Waals surface area contributed by atoms with Gasteiger partial charge in [-0.2, -0.15) is 0 Å². The van der Waals surface area contributed by atoms with Gasteiger partial charge in [0, 0.05) is 6.42 Å². The van der Waals surface area contributed by atoms with E-state index in [-0.39, 0.29) is 18.9 Å². The standard InChI is InChI=1S/C50H91NO13/c1-3-5-7-9-11-13-15-16-17-18-19-20-21-22-24-26-28-30-32-34-42(55)51-38(39(54)33-31-29-27-25-23-14-12-10-8-6-4-2)37-61-49-47(60)45(58)48(41(36-53)63-49)64-50-46(59)44(57)43(56)40(35-52)62-50/h11,13,16-17,31,33,38-41,43-50,52-54,56-60H,3-10,12,14-15,18-30,32,34-37H2,1-2H3,(H,51,55)/b13-11-,17-16-,33-31+. The van der Waals surface area contributed by atoms with Gasteiger partial charge in [0.2, 0.25) is 5.91 Å². The highest BCUT2D eigenvalue weighted by Crippen LogP contribution is 2.30. The lowest BCUT2D eigenvalue weighted by Crippen LogP contribution is -2.65. The van der Waals surface area contributed by atoms with Gasteiger partial charge in [0.15, 0.2) is 12.6 Å². The molecule has 2 rings (SSSR count). The predicted octanol–water partition coefficient (Wildman–Crippen LogP) is 6.32. The zero-order valence-corrected chi connectivity index (χ0v) is 39.5. The summed E-state index contributed by atoms with van der Waals surface area (Å²) in [5.41, 5.74) is 0. The Balaban J connectivity index is 1.83. The van der Waals surface area contributed by atoms with E-state index in [0.717, 1.165) is 51.4 Å². The number of aliphatic hydroxyl groups is 8. The fourth-order valence-corrected chi connectivity index (χ4v) is 8.14. The average Bonchev–Trinajstić information content (AvgIpc) is 3.29. The van der Waals surface area contributed by atoms with Gasteiger partial charge in [-0.05, 0) is 51.4 Å². The SMILES string of the molecule is CCCCC/C=C\C/C=C\CCCCCCCCCCCC(=O)NC(COC1OC(CO)C(OC2OC(CO)C(O)C(O)C2O)C(O)C1O)C(O)/C=C/CCCCCCCCCCC. The second-order valence-electron chi connectivity index (χ2n) is 17.9. The molecule has 0 radical (unpaired) electrons. The molecular weight excluding hydrogens is 823 g/mol. The van der Waals surface area contributed by atoms with Crippen molar-refractivity contribution in [2.75, 3.05) is 19.8 Å². The second-order valence-corrected chi connectivity index (χ2v) is 17.9. The van der Waals surface area contributed by atoms with Crippen molar-refractivity contribution in [3.8, 4) is 0 Å². The first-order valence-electron chi connectivity index (χ1n) is 25.2. The molecule has 1 amide bonds. The van der Waals surface area contributed by atoms with E-state index in [2.05, 4.69) is 43.5 Å². The minimum absolute atomic E-state index is 0.247. The van der Waals surface area contributed by atoms with Gasteiger partial charge in [-0.1, -0.05) is 159 Å². The van der Waals surface area contributed by atoms with Crippen molar-refractivity contribution < 1.29 is 64.6 Å². The number of amides is 1. The van der Waals surface area contributed by atoms with E-state index in [1.807, 2.05) is 6.08 Å². The Bertz CT molecular complexity index is 1220. The third kappa shape index (κ3) is 24.3. The number of hydrogen-bond acceptors (Lipinski definition) is 13. The van der Waals surface area contributed by atoms with E-state index >= 15 is 0 Å². The zero-order valence-electron chi connectivity index (χ0n) is 39.5. The molecule has 2 fully saturated rings. The maximum atomic E-state index is 13.2. The number of unbranched alkanes of at least 4 members (excludes halogenated alkanes) is 21. The van der Waals surface area contributed by atoms with E-state index in [1.165, 1.54) is 103 Å². The summed E-state index contributed by atoms with van der Waals surface area (Å²) in [6.45, 7) is 2.73. The first-order valence-corrected chi connectivity index (χ1v) is 25.2. The number of carbonyl (C=O) groups excluding carboxylic acids is 1. The normalized spacial score (nSPS) is 27.5. The third-order valence-electron chi connectivity index (χ3n) is 12.3. The molecular formula is C50H91NO13. The molecule has 0 aromatic carbocycles. The lowest BCUT2D eigenvalue weighted by molar-refractivity contribution is -0.359. The highest BCUT2D eigenvalue weighted by atomic mass is 16.7. The van der Waals surface area contributed by atoms with Crippen LogP contribution < -0.4 is 5.32 Å². The van der Waals surface area contributed by atoms with Crippen LogP contribution in [0.25, 0.3) is 0 Å². The molecule has 14 nitrogen and oxygen atoms in total. The highest BCUT2D eigenvalue weighted by molar-refractivity contribution is 5.76. The van der Waals surface area contributed by atoms with Crippen molar-refractivity contribution in [1.29, 1.82) is 0 Å². The number of ether oxygens (including phenoxy) is 4. The van der Waals surface area contributed by atoms with Crippen molar-refractivity contribution in [2.24, 2.45) is 0 Å². The Hall–Kier alpha value is -1.79. The summed E-state index contributed by atoms with van der Waals surface area (Å²) in [6.07, 6.45) is 24.7. The van der Waals surface area contributed by atoms with Crippen LogP contribution in [0.2, 0.25) is 0 Å². The highest BCUT2D eigenvalue weighted by Gasteiger charge is 2.51. The van der Waals surface area contributed by atoms with E-state index in [1.54, 1.807) is 6.08 Å². The van der Waals surface area contributed by atoms with Gasteiger partial charge in [-0.3, -0.25) is 4.79 Å². The number of rotatable bonds is 38. The molecule has 2 aliphatic heterocycles. The van der Waals surface area contributed by atoms with Crippen LogP contribution in [0.1, 0.15) is 181 Å². The van der Waals surface area contributed by atoms with Gasteiger partial charge >= 0.3 is 0 Å². The topological polar surface area (TPSA) is 228 Å². The molecule has 64 heavy (non-hydrogen) atoms. The molecule has 0 aromatic heterocycles. The summed E-state index contributed by atoms with van der Waals surface area (Å²) < 4.78 is 22.7. The van der Waals surface area contributed by atoms with Crippen molar-refractivity contribution in [1.82, 2.24) is 5.32 Å². The molecule has 0 bridgehead atoms. The summed E-state index contributed by atoms with van der Waals surface area (Å²) in [5, 5.41) is 86.6. The fraction of sp³-hybridized carbons (Fsp3) is 0.860. The van der Waals surface area contributed by atoms with Crippen molar-refractivity contribution in [2.45, 2.75) is 254 Å². The molecule has 2 heterocycles. The molecule has 14 heteroatoms. The lowest BCUT2D eigenvalue weighted by atomic mass is 9.97. The Labute approximate surface area is 385 Å². The first kappa shape index (κ1) is 58.3. The molecule has 0 aromatic rings. The maximum absolute atomic E-state index is 13.2. The number of nitrogens with one attached hydrogen (secondary N) is 1. The molecule has 0 aliphatic carbocycles. The molecule has 2 aliphatic rings. The summed E-state index contributed by atoms with van der Waals surface area (Å²) >= 11 is 0. The van der Waals surface area contributed by atoms with Gasteiger partial charge in [0.05, 0.1) is 32.0 Å². The molecule has 0 saturated carbocycles. The summed E-state index contributed by atoms with van der Waals surface area (Å²) in [5.74, 6) is -0.247. The van der Waals surface area contributed by atoms with Crippen LogP contribution in [0.3, 0.4) is 0 Å². The van der Waals surface area contributed by atoms with Crippen molar-refractivity contribution in [3.05, 3.63) is 36.5 Å². The molecule has 0 spiro atoms. The summed E-state index contributed by atoms with van der Waals surface area (Å²) in [7, 11) is 0. The van der Waals surface area contributed by atoms with Crippen LogP contribution in [-0.4, -0.2) is 140 Å². The Morgan fingerprint density at radius 2 is 1.03 bits per heavy atom. The third-order valence-corrected chi connectivity index (χ3v) is 12.3. The van der Waals surface area contributed by atoms with Gasteiger partial charge < -0.3 is 65.1 Å². The monoisotopic (exact) mass is 914 g/mol. The van der Waals surface area contributed by atoms with Crippen LogP contribution in [-0.2, 0) is 23.7 Å². The number of hydrogen-bond donors (Lipinski definition) is 9. The van der Waals surface area contributed by atoms with Crippen LogP contribution >= 0.6 is 0 Å². The van der Waals surface area contributed by atoms with E-state index < -0.39 is 86.8 Å². The van der Waals surface area contributed by atoms with Crippen molar-refractivity contribution >= 4 is 5.91 Å². The molecule has 12 unspecified atom stereocenters. The Morgan fingerprint density at radius 3 is 1.59 bits per heavy atom. The molecule has 2 saturated heterocycles. The number of carbonyl (C=O) groups is 1. The largest absolute Gasteiger partial charge is 0.394 e. The molecule has 374 valence electrons. The van der Waals surface area contributed by atoms with Crippen molar-refractivity contribution in [3.63, 3.8) is 0 Å².